The van der Waals surface area contributed by atoms with Crippen molar-refractivity contribution in [2.45, 2.75) is 13.3 Å². The van der Waals surface area contributed by atoms with Crippen molar-refractivity contribution in [1.29, 1.82) is 0 Å². The molecule has 7 heteroatoms. The molecule has 0 spiro atoms. The van der Waals surface area contributed by atoms with Gasteiger partial charge >= 0.3 is 5.97 Å². The Morgan fingerprint density at radius 3 is 2.62 bits per heavy atom. The number of nitrogens with one attached hydrogen (secondary N) is 2. The number of carbonyl (C=O) groups is 2. The molecule has 0 fully saturated rings. The Balaban J connectivity index is 2.27. The third-order valence-corrected chi connectivity index (χ3v) is 4.44. The maximum Gasteiger partial charge on any atom is 0.310 e. The Hall–Kier alpha value is -2.25. The summed E-state index contributed by atoms with van der Waals surface area (Å²) < 4.78 is 4.75. The van der Waals surface area contributed by atoms with E-state index in [4.69, 9.17) is 4.74 Å². The topological polar surface area (TPSA) is 80.3 Å². The smallest absolute Gasteiger partial charge is 0.310 e. The third kappa shape index (κ3) is 4.62. The summed E-state index contributed by atoms with van der Waals surface area (Å²) >= 11 is 1.30. The second-order valence-electron chi connectivity index (χ2n) is 5.36. The van der Waals surface area contributed by atoms with Crippen LogP contribution < -0.4 is 10.6 Å². The Labute approximate surface area is 145 Å². The SMILES string of the molecule is CNCC(C)C(=O)Nc1nc(-c2ccccc2)c(CC(=O)OC)s1. The molecule has 6 nitrogen and oxygen atoms in total. The second kappa shape index (κ2) is 8.56. The average Bonchev–Trinajstić information content (AvgIpc) is 2.97. The molecule has 1 aromatic heterocycles. The predicted octanol–water partition coefficient (Wildman–Crippen LogP) is 2.32. The van der Waals surface area contributed by atoms with Crippen LogP contribution in [0.15, 0.2) is 30.3 Å². The van der Waals surface area contributed by atoms with E-state index in [2.05, 4.69) is 15.6 Å². The highest BCUT2D eigenvalue weighted by atomic mass is 32.1. The van der Waals surface area contributed by atoms with Crippen LogP contribution in [0.5, 0.6) is 0 Å². The van der Waals surface area contributed by atoms with Gasteiger partial charge in [-0.25, -0.2) is 4.98 Å². The van der Waals surface area contributed by atoms with Crippen molar-refractivity contribution < 1.29 is 14.3 Å². The summed E-state index contributed by atoms with van der Waals surface area (Å²) in [7, 11) is 3.16. The van der Waals surface area contributed by atoms with Gasteiger partial charge in [-0.2, -0.15) is 0 Å². The highest BCUT2D eigenvalue weighted by Gasteiger charge is 2.19. The van der Waals surface area contributed by atoms with E-state index in [-0.39, 0.29) is 24.2 Å². The van der Waals surface area contributed by atoms with Gasteiger partial charge in [0.15, 0.2) is 5.13 Å². The minimum absolute atomic E-state index is 0.109. The van der Waals surface area contributed by atoms with Gasteiger partial charge in [-0.1, -0.05) is 37.3 Å². The van der Waals surface area contributed by atoms with Gasteiger partial charge in [0.1, 0.15) is 0 Å². The van der Waals surface area contributed by atoms with Gasteiger partial charge in [0.2, 0.25) is 5.91 Å². The fourth-order valence-electron chi connectivity index (χ4n) is 2.18. The number of hydrogen-bond donors (Lipinski definition) is 2. The lowest BCUT2D eigenvalue weighted by Crippen LogP contribution is -2.28. The maximum atomic E-state index is 12.2. The van der Waals surface area contributed by atoms with Crippen molar-refractivity contribution in [3.63, 3.8) is 0 Å². The highest BCUT2D eigenvalue weighted by Crippen LogP contribution is 2.32. The van der Waals surface area contributed by atoms with Crippen LogP contribution in [0.2, 0.25) is 0 Å². The zero-order chi connectivity index (χ0) is 17.5. The van der Waals surface area contributed by atoms with Gasteiger partial charge in [0.05, 0.1) is 19.2 Å². The molecule has 128 valence electrons. The molecule has 1 aromatic carbocycles. The quantitative estimate of drug-likeness (QED) is 0.752. The van der Waals surface area contributed by atoms with E-state index in [0.717, 1.165) is 10.4 Å². The number of hydrogen-bond acceptors (Lipinski definition) is 6. The first-order valence-electron chi connectivity index (χ1n) is 7.62. The molecule has 24 heavy (non-hydrogen) atoms. The normalized spacial score (nSPS) is 11.8. The first-order chi connectivity index (χ1) is 11.5. The molecule has 1 heterocycles. The summed E-state index contributed by atoms with van der Waals surface area (Å²) in [6, 6.07) is 9.57. The largest absolute Gasteiger partial charge is 0.469 e. The Morgan fingerprint density at radius 1 is 1.29 bits per heavy atom. The summed E-state index contributed by atoms with van der Waals surface area (Å²) in [6.07, 6.45) is 0.125. The molecule has 2 aromatic rings. The van der Waals surface area contributed by atoms with E-state index in [1.165, 1.54) is 18.4 Å². The second-order valence-corrected chi connectivity index (χ2v) is 6.44. The molecule has 1 unspecified atom stereocenters. The van der Waals surface area contributed by atoms with E-state index < -0.39 is 0 Å². The lowest BCUT2D eigenvalue weighted by atomic mass is 10.1. The van der Waals surface area contributed by atoms with Crippen molar-refractivity contribution in [3.05, 3.63) is 35.2 Å². The fourth-order valence-corrected chi connectivity index (χ4v) is 3.15. The van der Waals surface area contributed by atoms with Crippen LogP contribution in [-0.2, 0) is 20.7 Å². The number of nitrogens with zero attached hydrogens (tertiary/aromatic N) is 1. The highest BCUT2D eigenvalue weighted by molar-refractivity contribution is 7.16. The number of ether oxygens (including phenoxy) is 1. The van der Waals surface area contributed by atoms with Crippen LogP contribution in [0.3, 0.4) is 0 Å². The van der Waals surface area contributed by atoms with Crippen LogP contribution in [0.4, 0.5) is 5.13 Å². The molecule has 0 saturated heterocycles. The lowest BCUT2D eigenvalue weighted by Gasteiger charge is -2.09. The molecule has 0 aliphatic carbocycles. The zero-order valence-electron chi connectivity index (χ0n) is 14.0. The number of anilines is 1. The van der Waals surface area contributed by atoms with Crippen LogP contribution in [-0.4, -0.2) is 37.6 Å². The Bertz CT molecular complexity index is 700. The van der Waals surface area contributed by atoms with Gasteiger partial charge in [-0.05, 0) is 7.05 Å². The van der Waals surface area contributed by atoms with E-state index in [0.29, 0.717) is 17.4 Å². The van der Waals surface area contributed by atoms with Gasteiger partial charge < -0.3 is 15.4 Å². The molecular weight excluding hydrogens is 326 g/mol. The summed E-state index contributed by atoms with van der Waals surface area (Å²) in [6.45, 7) is 2.42. The minimum atomic E-state index is -0.336. The van der Waals surface area contributed by atoms with Gasteiger partial charge in [0, 0.05) is 22.9 Å². The molecule has 0 radical (unpaired) electrons. The van der Waals surface area contributed by atoms with Crippen LogP contribution >= 0.6 is 11.3 Å². The van der Waals surface area contributed by atoms with Crippen molar-refractivity contribution in [2.24, 2.45) is 5.92 Å². The third-order valence-electron chi connectivity index (χ3n) is 3.47. The number of aromatic nitrogens is 1. The maximum absolute atomic E-state index is 12.2. The summed E-state index contributed by atoms with van der Waals surface area (Å²) in [4.78, 5) is 29.1. The summed E-state index contributed by atoms with van der Waals surface area (Å²) in [5, 5.41) is 6.28. The Kier molecular flexibility index (Phi) is 6.45. The van der Waals surface area contributed by atoms with Gasteiger partial charge in [-0.15, -0.1) is 11.3 Å². The van der Waals surface area contributed by atoms with Gasteiger partial charge in [0.25, 0.3) is 0 Å². The molecule has 2 N–H and O–H groups in total. The zero-order valence-corrected chi connectivity index (χ0v) is 14.8. The molecule has 1 amide bonds. The molecule has 0 aliphatic rings. The molecule has 0 bridgehead atoms. The number of amides is 1. The van der Waals surface area contributed by atoms with E-state index >= 15 is 0 Å². The number of thiazole rings is 1. The fraction of sp³-hybridized carbons (Fsp3) is 0.353. The van der Waals surface area contributed by atoms with Gasteiger partial charge in [-0.3, -0.25) is 9.59 Å². The van der Waals surface area contributed by atoms with Crippen LogP contribution in [0, 0.1) is 5.92 Å². The first kappa shape index (κ1) is 18.1. The lowest BCUT2D eigenvalue weighted by molar-refractivity contribution is -0.139. The van der Waals surface area contributed by atoms with E-state index in [9.17, 15) is 9.59 Å². The van der Waals surface area contributed by atoms with Crippen molar-refractivity contribution >= 4 is 28.3 Å². The van der Waals surface area contributed by atoms with Crippen LogP contribution in [0.1, 0.15) is 11.8 Å². The van der Waals surface area contributed by atoms with Crippen molar-refractivity contribution in [3.8, 4) is 11.3 Å². The minimum Gasteiger partial charge on any atom is -0.469 e. The van der Waals surface area contributed by atoms with Crippen molar-refractivity contribution in [2.75, 3.05) is 26.0 Å². The standard InChI is InChI=1S/C17H21N3O3S/c1-11(10-18-2)16(22)20-17-19-15(12-7-5-4-6-8-12)13(24-17)9-14(21)23-3/h4-8,11,18H,9-10H2,1-3H3,(H,19,20,22). The summed E-state index contributed by atoms with van der Waals surface area (Å²) in [5.74, 6) is -0.622. The molecular formula is C17H21N3O3S. The molecule has 2 rings (SSSR count). The summed E-state index contributed by atoms with van der Waals surface area (Å²) in [5.41, 5.74) is 1.60. The number of methoxy groups -OCH3 is 1. The number of benzene rings is 1. The number of carbonyl (C=O) groups excluding carboxylic acids is 2. The molecule has 1 atom stereocenters. The number of rotatable bonds is 7. The predicted molar refractivity (Wildman–Crippen MR) is 95.0 cm³/mol. The van der Waals surface area contributed by atoms with E-state index in [1.807, 2.05) is 37.3 Å². The monoisotopic (exact) mass is 347 g/mol. The van der Waals surface area contributed by atoms with E-state index in [1.54, 1.807) is 7.05 Å². The first-order valence-corrected chi connectivity index (χ1v) is 8.44. The average molecular weight is 347 g/mol. The molecule has 0 saturated carbocycles. The van der Waals surface area contributed by atoms with Crippen molar-refractivity contribution in [1.82, 2.24) is 10.3 Å². The Morgan fingerprint density at radius 2 is 2.00 bits per heavy atom. The number of esters is 1. The van der Waals surface area contributed by atoms with Crippen LogP contribution in [0.25, 0.3) is 11.3 Å². The molecule has 0 aliphatic heterocycles.